The van der Waals surface area contributed by atoms with Crippen molar-refractivity contribution in [1.82, 2.24) is 10.2 Å². The molecule has 0 spiro atoms. The van der Waals surface area contributed by atoms with Gasteiger partial charge in [0.1, 0.15) is 24.2 Å². The van der Waals surface area contributed by atoms with Crippen LogP contribution in [0.3, 0.4) is 0 Å². The number of hydrogen-bond acceptors (Lipinski definition) is 6. The second-order valence-electron chi connectivity index (χ2n) is 10.7. The number of nitrogens with one attached hydrogen (secondary N) is 1. The highest BCUT2D eigenvalue weighted by Crippen LogP contribution is 2.33. The average molecular weight is 642 g/mol. The molecule has 0 unspecified atom stereocenters. The number of amides is 2. The van der Waals surface area contributed by atoms with E-state index in [4.69, 9.17) is 4.74 Å². The number of ether oxygens (including phenoxy) is 1. The number of carbonyl (C=O) groups excluding carboxylic acids is 2. The maximum atomic E-state index is 14.8. The number of rotatable bonds is 13. The highest BCUT2D eigenvalue weighted by Gasteiger charge is 2.34. The van der Waals surface area contributed by atoms with Crippen molar-refractivity contribution in [2.24, 2.45) is 0 Å². The van der Waals surface area contributed by atoms with Gasteiger partial charge in [0, 0.05) is 23.0 Å². The number of hydrogen-bond donors (Lipinski definition) is 1. The Bertz CT molecular complexity index is 1530. The van der Waals surface area contributed by atoms with Gasteiger partial charge in [0.2, 0.25) is 11.8 Å². The molecular formula is C33H40FN3O5S2. The van der Waals surface area contributed by atoms with Crippen LogP contribution in [-0.2, 0) is 26.2 Å². The number of nitrogens with zero attached hydrogens (tertiary/aromatic N) is 2. The number of para-hydroxylation sites is 2. The summed E-state index contributed by atoms with van der Waals surface area (Å²) in [4.78, 5) is 29.8. The van der Waals surface area contributed by atoms with Gasteiger partial charge in [0.25, 0.3) is 10.0 Å². The molecule has 0 radical (unpaired) electrons. The maximum Gasteiger partial charge on any atom is 0.264 e. The normalized spacial score (nSPS) is 14.5. The highest BCUT2D eigenvalue weighted by atomic mass is 32.2. The molecule has 8 nitrogen and oxygen atoms in total. The van der Waals surface area contributed by atoms with E-state index < -0.39 is 34.3 Å². The lowest BCUT2D eigenvalue weighted by atomic mass is 9.95. The summed E-state index contributed by atoms with van der Waals surface area (Å²) in [6, 6.07) is 18.1. The minimum Gasteiger partial charge on any atom is -0.492 e. The highest BCUT2D eigenvalue weighted by molar-refractivity contribution is 7.98. The van der Waals surface area contributed by atoms with Gasteiger partial charge in [0.15, 0.2) is 0 Å². The third-order valence-electron chi connectivity index (χ3n) is 7.78. The summed E-state index contributed by atoms with van der Waals surface area (Å²) in [5, 5.41) is 3.05. The number of sulfonamides is 1. The first-order chi connectivity index (χ1) is 21.1. The molecule has 0 bridgehead atoms. The number of thioether (sulfide) groups is 1. The van der Waals surface area contributed by atoms with Crippen LogP contribution in [0.2, 0.25) is 0 Å². The van der Waals surface area contributed by atoms with Gasteiger partial charge in [-0.15, -0.1) is 11.8 Å². The Kier molecular flexibility index (Phi) is 11.7. The van der Waals surface area contributed by atoms with Crippen molar-refractivity contribution >= 4 is 39.3 Å². The van der Waals surface area contributed by atoms with Crippen LogP contribution in [0.15, 0.2) is 82.6 Å². The van der Waals surface area contributed by atoms with E-state index in [-0.39, 0.29) is 47.0 Å². The van der Waals surface area contributed by atoms with Gasteiger partial charge in [0.05, 0.1) is 17.2 Å². The molecule has 236 valence electrons. The third kappa shape index (κ3) is 8.12. The predicted octanol–water partition coefficient (Wildman–Crippen LogP) is 6.01. The van der Waals surface area contributed by atoms with Crippen LogP contribution in [-0.4, -0.2) is 56.6 Å². The van der Waals surface area contributed by atoms with Crippen LogP contribution in [0.5, 0.6) is 5.75 Å². The molecule has 1 fully saturated rings. The zero-order chi connectivity index (χ0) is 31.7. The van der Waals surface area contributed by atoms with Crippen LogP contribution in [0.25, 0.3) is 0 Å². The Labute approximate surface area is 264 Å². The fraction of sp³-hybridized carbons (Fsp3) is 0.394. The van der Waals surface area contributed by atoms with Crippen LogP contribution >= 0.6 is 11.8 Å². The molecular weight excluding hydrogens is 602 g/mol. The molecule has 1 saturated carbocycles. The lowest BCUT2D eigenvalue weighted by molar-refractivity contribution is -0.139. The van der Waals surface area contributed by atoms with Crippen molar-refractivity contribution in [2.75, 3.05) is 23.7 Å². The van der Waals surface area contributed by atoms with Gasteiger partial charge in [-0.05, 0) is 75.4 Å². The first kappa shape index (κ1) is 33.3. The van der Waals surface area contributed by atoms with E-state index in [1.165, 1.54) is 34.9 Å². The van der Waals surface area contributed by atoms with Crippen molar-refractivity contribution in [2.45, 2.75) is 74.4 Å². The standard InChI is InChI=1S/C33H40FN3O5S2/c1-4-42-31-17-11-10-16-30(31)37(44(40,41)28-20-18-27(43-3)19-21-28)23-32(38)36(22-25-12-8-9-15-29(25)34)24(2)33(39)35-26-13-6-5-7-14-26/h8-12,15-21,24,26H,4-7,13-14,22-23H2,1-3H3,(H,35,39)/t24-/m1/s1. The van der Waals surface area contributed by atoms with Gasteiger partial charge >= 0.3 is 0 Å². The maximum absolute atomic E-state index is 14.8. The van der Waals surface area contributed by atoms with Crippen molar-refractivity contribution in [3.05, 3.63) is 84.2 Å². The quantitative estimate of drug-likeness (QED) is 0.230. The summed E-state index contributed by atoms with van der Waals surface area (Å²) in [5.41, 5.74) is 0.400. The van der Waals surface area contributed by atoms with Crippen LogP contribution in [0.1, 0.15) is 51.5 Å². The molecule has 1 N–H and O–H groups in total. The Morgan fingerprint density at radius 2 is 1.66 bits per heavy atom. The Morgan fingerprint density at radius 1 is 1.00 bits per heavy atom. The predicted molar refractivity (Wildman–Crippen MR) is 172 cm³/mol. The molecule has 0 saturated heterocycles. The number of halogens is 1. The minimum absolute atomic E-state index is 0.00172. The number of anilines is 1. The molecule has 3 aromatic rings. The average Bonchev–Trinajstić information content (AvgIpc) is 3.03. The SMILES string of the molecule is CCOc1ccccc1N(CC(=O)N(Cc1ccccc1F)[C@H](C)C(=O)NC1CCCCC1)S(=O)(=O)c1ccc(SC)cc1. The lowest BCUT2D eigenvalue weighted by Crippen LogP contribution is -2.53. The molecule has 1 aliphatic carbocycles. The van der Waals surface area contributed by atoms with Crippen molar-refractivity contribution in [3.8, 4) is 5.75 Å². The summed E-state index contributed by atoms with van der Waals surface area (Å²) in [7, 11) is -4.28. The molecule has 0 aromatic heterocycles. The first-order valence-corrected chi connectivity index (χ1v) is 17.5. The summed E-state index contributed by atoms with van der Waals surface area (Å²) in [6.07, 6.45) is 6.75. The molecule has 44 heavy (non-hydrogen) atoms. The van der Waals surface area contributed by atoms with E-state index in [1.54, 1.807) is 68.4 Å². The van der Waals surface area contributed by atoms with Gasteiger partial charge < -0.3 is 15.0 Å². The molecule has 3 aromatic carbocycles. The van der Waals surface area contributed by atoms with Crippen LogP contribution in [0.4, 0.5) is 10.1 Å². The van der Waals surface area contributed by atoms with E-state index in [1.807, 2.05) is 6.26 Å². The van der Waals surface area contributed by atoms with Crippen molar-refractivity contribution in [1.29, 1.82) is 0 Å². The van der Waals surface area contributed by atoms with Gasteiger partial charge in [-0.25, -0.2) is 12.8 Å². The molecule has 11 heteroatoms. The van der Waals surface area contributed by atoms with E-state index in [0.29, 0.717) is 0 Å². The fourth-order valence-electron chi connectivity index (χ4n) is 5.29. The van der Waals surface area contributed by atoms with Gasteiger partial charge in [-0.2, -0.15) is 0 Å². The minimum atomic E-state index is -4.28. The Balaban J connectivity index is 1.72. The molecule has 0 aliphatic heterocycles. The lowest BCUT2D eigenvalue weighted by Gasteiger charge is -2.33. The summed E-state index contributed by atoms with van der Waals surface area (Å²) in [5.74, 6) is -1.25. The summed E-state index contributed by atoms with van der Waals surface area (Å²) >= 11 is 1.48. The number of benzene rings is 3. The van der Waals surface area contributed by atoms with E-state index in [2.05, 4.69) is 5.32 Å². The van der Waals surface area contributed by atoms with E-state index >= 15 is 0 Å². The second kappa shape index (κ2) is 15.4. The molecule has 1 atom stereocenters. The third-order valence-corrected chi connectivity index (χ3v) is 10.3. The van der Waals surface area contributed by atoms with Gasteiger partial charge in [-0.3, -0.25) is 13.9 Å². The molecule has 1 aliphatic rings. The van der Waals surface area contributed by atoms with Gasteiger partial charge in [-0.1, -0.05) is 49.6 Å². The van der Waals surface area contributed by atoms with Crippen molar-refractivity contribution < 1.29 is 27.1 Å². The van der Waals surface area contributed by atoms with E-state index in [0.717, 1.165) is 41.3 Å². The smallest absolute Gasteiger partial charge is 0.264 e. The monoisotopic (exact) mass is 641 g/mol. The summed E-state index contributed by atoms with van der Waals surface area (Å²) in [6.45, 7) is 2.80. The molecule has 2 amide bonds. The van der Waals surface area contributed by atoms with Crippen LogP contribution in [0, 0.1) is 5.82 Å². The van der Waals surface area contributed by atoms with E-state index in [9.17, 15) is 22.4 Å². The Hall–Kier alpha value is -3.57. The van der Waals surface area contributed by atoms with Crippen molar-refractivity contribution in [3.63, 3.8) is 0 Å². The topological polar surface area (TPSA) is 96.0 Å². The summed E-state index contributed by atoms with van der Waals surface area (Å²) < 4.78 is 50.0. The largest absolute Gasteiger partial charge is 0.492 e. The zero-order valence-corrected chi connectivity index (χ0v) is 27.0. The fourth-order valence-corrected chi connectivity index (χ4v) is 7.12. The number of carbonyl (C=O) groups is 2. The molecule has 4 rings (SSSR count). The molecule has 0 heterocycles. The second-order valence-corrected chi connectivity index (χ2v) is 13.5. The zero-order valence-electron chi connectivity index (χ0n) is 25.4. The first-order valence-electron chi connectivity index (χ1n) is 14.9. The Morgan fingerprint density at radius 3 is 2.32 bits per heavy atom. The van der Waals surface area contributed by atoms with Crippen LogP contribution < -0.4 is 14.4 Å².